The summed E-state index contributed by atoms with van der Waals surface area (Å²) in [5, 5.41) is 4.22. The summed E-state index contributed by atoms with van der Waals surface area (Å²) in [4.78, 5) is 16.4. The van der Waals surface area contributed by atoms with E-state index in [0.717, 1.165) is 34.8 Å². The van der Waals surface area contributed by atoms with E-state index >= 15 is 0 Å². The fraction of sp³-hybridized carbons (Fsp3) is 0.357. The fourth-order valence-corrected chi connectivity index (χ4v) is 4.17. The standard InChI is InChI=1S/C14H16N2OS2/c1-9-11(15)7-13(19-9)14(17)16-5-2-3-12(16)10-4-6-18-8-10/h4,6-8,12H,2-3,5,15H2,1H3. The Labute approximate surface area is 120 Å². The summed E-state index contributed by atoms with van der Waals surface area (Å²) in [6, 6.07) is 4.17. The molecule has 1 fully saturated rings. The van der Waals surface area contributed by atoms with Gasteiger partial charge in [0.2, 0.25) is 0 Å². The van der Waals surface area contributed by atoms with Gasteiger partial charge in [0.05, 0.1) is 10.9 Å². The molecule has 0 saturated carbocycles. The van der Waals surface area contributed by atoms with Crippen LogP contribution in [0.5, 0.6) is 0 Å². The van der Waals surface area contributed by atoms with Gasteiger partial charge in [0.15, 0.2) is 0 Å². The van der Waals surface area contributed by atoms with Crippen molar-refractivity contribution >= 4 is 34.3 Å². The number of rotatable bonds is 2. The number of thiophene rings is 2. The number of hydrogen-bond acceptors (Lipinski definition) is 4. The summed E-state index contributed by atoms with van der Waals surface area (Å²) in [7, 11) is 0. The molecule has 1 atom stereocenters. The van der Waals surface area contributed by atoms with Crippen LogP contribution < -0.4 is 5.73 Å². The predicted octanol–water partition coefficient (Wildman–Crippen LogP) is 3.68. The summed E-state index contributed by atoms with van der Waals surface area (Å²) in [6.45, 7) is 2.80. The Balaban J connectivity index is 1.86. The molecule has 100 valence electrons. The van der Waals surface area contributed by atoms with Gasteiger partial charge in [0.1, 0.15) is 0 Å². The van der Waals surface area contributed by atoms with Gasteiger partial charge in [0, 0.05) is 17.1 Å². The van der Waals surface area contributed by atoms with Crippen LogP contribution in [-0.2, 0) is 0 Å². The molecule has 0 aromatic carbocycles. The maximum absolute atomic E-state index is 12.6. The lowest BCUT2D eigenvalue weighted by Gasteiger charge is -2.23. The molecule has 0 radical (unpaired) electrons. The summed E-state index contributed by atoms with van der Waals surface area (Å²) in [5.74, 6) is 0.124. The number of carbonyl (C=O) groups excluding carboxylic acids is 1. The Morgan fingerprint density at radius 3 is 3.00 bits per heavy atom. The van der Waals surface area contributed by atoms with E-state index in [1.807, 2.05) is 17.9 Å². The highest BCUT2D eigenvalue weighted by Crippen LogP contribution is 2.35. The molecule has 2 aromatic rings. The van der Waals surface area contributed by atoms with Gasteiger partial charge in [-0.15, -0.1) is 11.3 Å². The van der Waals surface area contributed by atoms with Crippen LogP contribution in [0.3, 0.4) is 0 Å². The lowest BCUT2D eigenvalue weighted by Crippen LogP contribution is -2.29. The Morgan fingerprint density at radius 2 is 2.37 bits per heavy atom. The number of anilines is 1. The van der Waals surface area contributed by atoms with E-state index in [4.69, 9.17) is 5.73 Å². The topological polar surface area (TPSA) is 46.3 Å². The normalized spacial score (nSPS) is 19.0. The van der Waals surface area contributed by atoms with E-state index < -0.39 is 0 Å². The van der Waals surface area contributed by atoms with Crippen molar-refractivity contribution in [2.75, 3.05) is 12.3 Å². The van der Waals surface area contributed by atoms with Crippen LogP contribution in [0.2, 0.25) is 0 Å². The highest BCUT2D eigenvalue weighted by atomic mass is 32.1. The molecule has 0 aliphatic carbocycles. The molecule has 5 heteroatoms. The van der Waals surface area contributed by atoms with Gasteiger partial charge in [-0.1, -0.05) is 0 Å². The lowest BCUT2D eigenvalue weighted by molar-refractivity contribution is 0.0741. The molecule has 3 heterocycles. The highest BCUT2D eigenvalue weighted by Gasteiger charge is 2.31. The summed E-state index contributed by atoms with van der Waals surface area (Å²) in [6.07, 6.45) is 2.13. The van der Waals surface area contributed by atoms with Crippen molar-refractivity contribution in [1.82, 2.24) is 4.90 Å². The Hall–Kier alpha value is -1.33. The van der Waals surface area contributed by atoms with Crippen LogP contribution >= 0.6 is 22.7 Å². The van der Waals surface area contributed by atoms with Gasteiger partial charge in [-0.05, 0) is 48.2 Å². The van der Waals surface area contributed by atoms with Crippen LogP contribution in [0, 0.1) is 6.92 Å². The van der Waals surface area contributed by atoms with Gasteiger partial charge in [-0.25, -0.2) is 0 Å². The minimum absolute atomic E-state index is 0.124. The molecule has 1 aliphatic rings. The van der Waals surface area contributed by atoms with Crippen LogP contribution in [0.15, 0.2) is 22.9 Å². The molecule has 2 aromatic heterocycles. The highest BCUT2D eigenvalue weighted by molar-refractivity contribution is 7.14. The monoisotopic (exact) mass is 292 g/mol. The summed E-state index contributed by atoms with van der Waals surface area (Å²) >= 11 is 3.18. The third kappa shape index (κ3) is 2.28. The van der Waals surface area contributed by atoms with Crippen LogP contribution in [0.1, 0.15) is 39.0 Å². The van der Waals surface area contributed by atoms with Crippen molar-refractivity contribution in [1.29, 1.82) is 0 Å². The molecule has 1 aliphatic heterocycles. The van der Waals surface area contributed by atoms with Gasteiger partial charge in [0.25, 0.3) is 5.91 Å². The molecular formula is C14H16N2OS2. The van der Waals surface area contributed by atoms with Crippen LogP contribution in [-0.4, -0.2) is 17.4 Å². The molecule has 1 saturated heterocycles. The number of nitrogens with two attached hydrogens (primary N) is 1. The van der Waals surface area contributed by atoms with Crippen molar-refractivity contribution in [2.24, 2.45) is 0 Å². The molecule has 1 amide bonds. The van der Waals surface area contributed by atoms with Crippen molar-refractivity contribution < 1.29 is 4.79 Å². The van der Waals surface area contributed by atoms with Crippen molar-refractivity contribution in [3.8, 4) is 0 Å². The van der Waals surface area contributed by atoms with Crippen molar-refractivity contribution in [3.05, 3.63) is 38.2 Å². The minimum atomic E-state index is 0.124. The second kappa shape index (κ2) is 4.98. The minimum Gasteiger partial charge on any atom is -0.398 e. The number of hydrogen-bond donors (Lipinski definition) is 1. The lowest BCUT2D eigenvalue weighted by atomic mass is 10.1. The molecule has 3 rings (SSSR count). The zero-order chi connectivity index (χ0) is 13.4. The van der Waals surface area contributed by atoms with Crippen molar-refractivity contribution in [3.63, 3.8) is 0 Å². The number of likely N-dealkylation sites (tertiary alicyclic amines) is 1. The second-order valence-electron chi connectivity index (χ2n) is 4.84. The average molecular weight is 292 g/mol. The molecule has 1 unspecified atom stereocenters. The number of amides is 1. The quantitative estimate of drug-likeness (QED) is 0.918. The SMILES string of the molecule is Cc1sc(C(=O)N2CCCC2c2ccsc2)cc1N. The zero-order valence-electron chi connectivity index (χ0n) is 10.8. The first kappa shape index (κ1) is 12.7. The third-order valence-corrected chi connectivity index (χ3v) is 5.36. The Morgan fingerprint density at radius 1 is 1.53 bits per heavy atom. The van der Waals surface area contributed by atoms with E-state index in [-0.39, 0.29) is 11.9 Å². The van der Waals surface area contributed by atoms with Crippen LogP contribution in [0.25, 0.3) is 0 Å². The first-order valence-electron chi connectivity index (χ1n) is 6.36. The van der Waals surface area contributed by atoms with E-state index in [1.54, 1.807) is 11.3 Å². The number of aryl methyl sites for hydroxylation is 1. The molecule has 2 N–H and O–H groups in total. The number of nitrogen functional groups attached to an aromatic ring is 1. The second-order valence-corrected chi connectivity index (χ2v) is 6.87. The van der Waals surface area contributed by atoms with Gasteiger partial charge in [-0.2, -0.15) is 11.3 Å². The predicted molar refractivity (Wildman–Crippen MR) is 80.8 cm³/mol. The van der Waals surface area contributed by atoms with E-state index in [0.29, 0.717) is 0 Å². The molecule has 19 heavy (non-hydrogen) atoms. The smallest absolute Gasteiger partial charge is 0.264 e. The van der Waals surface area contributed by atoms with E-state index in [9.17, 15) is 4.79 Å². The third-order valence-electron chi connectivity index (χ3n) is 3.61. The first-order valence-corrected chi connectivity index (χ1v) is 8.11. The Bertz CT molecular complexity index is 569. The number of carbonyl (C=O) groups is 1. The summed E-state index contributed by atoms with van der Waals surface area (Å²) in [5.41, 5.74) is 7.83. The first-order chi connectivity index (χ1) is 9.16. The number of nitrogens with zero attached hydrogens (tertiary/aromatic N) is 1. The average Bonchev–Trinajstić information content (AvgIpc) is 3.09. The Kier molecular flexibility index (Phi) is 3.33. The molecule has 0 bridgehead atoms. The van der Waals surface area contributed by atoms with Gasteiger partial charge < -0.3 is 10.6 Å². The molecule has 3 nitrogen and oxygen atoms in total. The van der Waals surface area contributed by atoms with Crippen molar-refractivity contribution in [2.45, 2.75) is 25.8 Å². The maximum Gasteiger partial charge on any atom is 0.264 e. The van der Waals surface area contributed by atoms with Gasteiger partial charge in [-0.3, -0.25) is 4.79 Å². The van der Waals surface area contributed by atoms with Crippen LogP contribution in [0.4, 0.5) is 5.69 Å². The summed E-state index contributed by atoms with van der Waals surface area (Å²) < 4.78 is 0. The fourth-order valence-electron chi connectivity index (χ4n) is 2.56. The zero-order valence-corrected chi connectivity index (χ0v) is 12.4. The van der Waals surface area contributed by atoms with E-state index in [2.05, 4.69) is 16.8 Å². The van der Waals surface area contributed by atoms with E-state index in [1.165, 1.54) is 16.9 Å². The van der Waals surface area contributed by atoms with Gasteiger partial charge >= 0.3 is 0 Å². The molecule has 0 spiro atoms. The maximum atomic E-state index is 12.6. The largest absolute Gasteiger partial charge is 0.398 e. The molecular weight excluding hydrogens is 276 g/mol.